The minimum Gasteiger partial charge on any atom is -0.497 e. The van der Waals surface area contributed by atoms with Gasteiger partial charge in [0.1, 0.15) is 5.75 Å². The van der Waals surface area contributed by atoms with Gasteiger partial charge in [-0.2, -0.15) is 0 Å². The number of hydrogen-bond acceptors (Lipinski definition) is 2. The number of methoxy groups -OCH3 is 1. The molecule has 1 aliphatic rings. The van der Waals surface area contributed by atoms with E-state index in [1.54, 1.807) is 7.11 Å². The summed E-state index contributed by atoms with van der Waals surface area (Å²) in [6.07, 6.45) is 3.09. The SMILES string of the molecule is COc1ccc(C(C)(C)[C@H]2CC[C@H](C)C[C@@H]2O)cc1. The molecular weight excluding hydrogens is 236 g/mol. The molecule has 1 aromatic carbocycles. The van der Waals surface area contributed by atoms with Crippen LogP contribution in [0, 0.1) is 11.8 Å². The molecule has 0 heterocycles. The topological polar surface area (TPSA) is 29.5 Å². The van der Waals surface area contributed by atoms with Gasteiger partial charge in [0.2, 0.25) is 0 Å². The van der Waals surface area contributed by atoms with Crippen LogP contribution in [-0.2, 0) is 5.41 Å². The molecule has 1 saturated carbocycles. The first-order valence-electron chi connectivity index (χ1n) is 7.27. The summed E-state index contributed by atoms with van der Waals surface area (Å²) in [5, 5.41) is 10.4. The Labute approximate surface area is 116 Å². The van der Waals surface area contributed by atoms with Gasteiger partial charge in [0.25, 0.3) is 0 Å². The first-order valence-corrected chi connectivity index (χ1v) is 7.27. The first-order chi connectivity index (χ1) is 8.95. The maximum absolute atomic E-state index is 10.4. The lowest BCUT2D eigenvalue weighted by Crippen LogP contribution is -2.41. The van der Waals surface area contributed by atoms with Crippen LogP contribution in [0.25, 0.3) is 0 Å². The van der Waals surface area contributed by atoms with Crippen molar-refractivity contribution in [2.45, 2.75) is 51.6 Å². The molecule has 1 aromatic rings. The number of aliphatic hydroxyl groups is 1. The largest absolute Gasteiger partial charge is 0.497 e. The van der Waals surface area contributed by atoms with E-state index in [-0.39, 0.29) is 11.5 Å². The average molecular weight is 262 g/mol. The lowest BCUT2D eigenvalue weighted by Gasteiger charge is -2.42. The number of aliphatic hydroxyl groups excluding tert-OH is 1. The highest BCUT2D eigenvalue weighted by Crippen LogP contribution is 2.42. The van der Waals surface area contributed by atoms with Crippen molar-refractivity contribution in [3.05, 3.63) is 29.8 Å². The Morgan fingerprint density at radius 3 is 2.32 bits per heavy atom. The molecule has 0 aromatic heterocycles. The molecule has 2 heteroatoms. The van der Waals surface area contributed by atoms with E-state index in [0.717, 1.165) is 18.6 Å². The Kier molecular flexibility index (Phi) is 4.19. The summed E-state index contributed by atoms with van der Waals surface area (Å²) in [7, 11) is 1.69. The van der Waals surface area contributed by atoms with Crippen molar-refractivity contribution in [2.75, 3.05) is 7.11 Å². The van der Waals surface area contributed by atoms with E-state index in [9.17, 15) is 5.11 Å². The van der Waals surface area contributed by atoms with Crippen LogP contribution in [0.15, 0.2) is 24.3 Å². The molecule has 1 fully saturated rings. The van der Waals surface area contributed by atoms with Crippen LogP contribution >= 0.6 is 0 Å². The molecule has 0 amide bonds. The highest BCUT2D eigenvalue weighted by Gasteiger charge is 2.39. The molecule has 0 radical (unpaired) electrons. The van der Waals surface area contributed by atoms with Crippen molar-refractivity contribution < 1.29 is 9.84 Å². The maximum atomic E-state index is 10.4. The van der Waals surface area contributed by atoms with Crippen molar-refractivity contribution in [1.82, 2.24) is 0 Å². The summed E-state index contributed by atoms with van der Waals surface area (Å²) in [6.45, 7) is 6.73. The minimum absolute atomic E-state index is 0.00578. The third-order valence-electron chi connectivity index (χ3n) is 4.84. The van der Waals surface area contributed by atoms with Gasteiger partial charge in [0.15, 0.2) is 0 Å². The number of ether oxygens (including phenoxy) is 1. The summed E-state index contributed by atoms with van der Waals surface area (Å²) < 4.78 is 5.21. The van der Waals surface area contributed by atoms with E-state index in [2.05, 4.69) is 32.9 Å². The van der Waals surface area contributed by atoms with Gasteiger partial charge in [-0.05, 0) is 47.8 Å². The third-order valence-corrected chi connectivity index (χ3v) is 4.84. The molecule has 0 saturated heterocycles. The summed E-state index contributed by atoms with van der Waals surface area (Å²) in [5.74, 6) is 1.88. The fourth-order valence-corrected chi connectivity index (χ4v) is 3.43. The summed E-state index contributed by atoms with van der Waals surface area (Å²) in [4.78, 5) is 0. The third kappa shape index (κ3) is 2.94. The Balaban J connectivity index is 2.20. The van der Waals surface area contributed by atoms with Crippen LogP contribution in [0.1, 0.15) is 45.6 Å². The van der Waals surface area contributed by atoms with E-state index < -0.39 is 0 Å². The molecule has 3 atom stereocenters. The van der Waals surface area contributed by atoms with Gasteiger partial charge in [0.05, 0.1) is 13.2 Å². The normalized spacial score (nSPS) is 28.2. The van der Waals surface area contributed by atoms with Gasteiger partial charge in [-0.3, -0.25) is 0 Å². The standard InChI is InChI=1S/C17H26O2/c1-12-5-10-15(16(18)11-12)17(2,3)13-6-8-14(19-4)9-7-13/h6-9,12,15-16,18H,5,10-11H2,1-4H3/t12-,15-,16-/m0/s1. The zero-order valence-electron chi connectivity index (χ0n) is 12.5. The van der Waals surface area contributed by atoms with Gasteiger partial charge in [0, 0.05) is 0 Å². The van der Waals surface area contributed by atoms with E-state index in [0.29, 0.717) is 11.8 Å². The zero-order valence-corrected chi connectivity index (χ0v) is 12.5. The number of benzene rings is 1. The van der Waals surface area contributed by atoms with Crippen LogP contribution in [0.4, 0.5) is 0 Å². The number of rotatable bonds is 3. The molecular formula is C17H26O2. The average Bonchev–Trinajstić information content (AvgIpc) is 2.38. The lowest BCUT2D eigenvalue weighted by molar-refractivity contribution is 0.0143. The van der Waals surface area contributed by atoms with Crippen molar-refractivity contribution >= 4 is 0 Å². The fourth-order valence-electron chi connectivity index (χ4n) is 3.43. The Hall–Kier alpha value is -1.02. The molecule has 0 unspecified atom stereocenters. The zero-order chi connectivity index (χ0) is 14.0. The highest BCUT2D eigenvalue weighted by atomic mass is 16.5. The van der Waals surface area contributed by atoms with Crippen molar-refractivity contribution in [3.8, 4) is 5.75 Å². The highest BCUT2D eigenvalue weighted by molar-refractivity contribution is 5.32. The van der Waals surface area contributed by atoms with Gasteiger partial charge < -0.3 is 9.84 Å². The molecule has 0 spiro atoms. The number of hydrogen-bond donors (Lipinski definition) is 1. The smallest absolute Gasteiger partial charge is 0.118 e. The summed E-state index contributed by atoms with van der Waals surface area (Å²) in [6, 6.07) is 8.27. The Morgan fingerprint density at radius 1 is 1.16 bits per heavy atom. The van der Waals surface area contributed by atoms with Crippen LogP contribution < -0.4 is 4.74 Å². The van der Waals surface area contributed by atoms with Gasteiger partial charge in [-0.15, -0.1) is 0 Å². The second-order valence-corrected chi connectivity index (χ2v) is 6.54. The molecule has 2 rings (SSSR count). The summed E-state index contributed by atoms with van der Waals surface area (Å²) >= 11 is 0. The second kappa shape index (κ2) is 5.54. The second-order valence-electron chi connectivity index (χ2n) is 6.54. The molecule has 19 heavy (non-hydrogen) atoms. The van der Waals surface area contributed by atoms with E-state index in [1.807, 2.05) is 12.1 Å². The summed E-state index contributed by atoms with van der Waals surface area (Å²) in [5.41, 5.74) is 1.29. The lowest BCUT2D eigenvalue weighted by atomic mass is 9.64. The van der Waals surface area contributed by atoms with Crippen LogP contribution in [0.5, 0.6) is 5.75 Å². The molecule has 106 valence electrons. The van der Waals surface area contributed by atoms with Gasteiger partial charge >= 0.3 is 0 Å². The van der Waals surface area contributed by atoms with E-state index in [4.69, 9.17) is 4.74 Å². The van der Waals surface area contributed by atoms with Crippen LogP contribution in [0.2, 0.25) is 0 Å². The predicted octanol–water partition coefficient (Wildman–Crippen LogP) is 3.77. The molecule has 0 aliphatic heterocycles. The van der Waals surface area contributed by atoms with E-state index >= 15 is 0 Å². The molecule has 1 aliphatic carbocycles. The minimum atomic E-state index is -0.180. The fraction of sp³-hybridized carbons (Fsp3) is 0.647. The Morgan fingerprint density at radius 2 is 1.79 bits per heavy atom. The van der Waals surface area contributed by atoms with Crippen LogP contribution in [-0.4, -0.2) is 18.3 Å². The molecule has 1 N–H and O–H groups in total. The van der Waals surface area contributed by atoms with Crippen LogP contribution in [0.3, 0.4) is 0 Å². The molecule has 0 bridgehead atoms. The van der Waals surface area contributed by atoms with Gasteiger partial charge in [-0.1, -0.05) is 39.3 Å². The van der Waals surface area contributed by atoms with E-state index in [1.165, 1.54) is 12.0 Å². The molecule has 2 nitrogen and oxygen atoms in total. The van der Waals surface area contributed by atoms with Gasteiger partial charge in [-0.25, -0.2) is 0 Å². The van der Waals surface area contributed by atoms with Crippen molar-refractivity contribution in [2.24, 2.45) is 11.8 Å². The Bertz CT molecular complexity index is 408. The monoisotopic (exact) mass is 262 g/mol. The van der Waals surface area contributed by atoms with Crippen molar-refractivity contribution in [1.29, 1.82) is 0 Å². The van der Waals surface area contributed by atoms with Crippen molar-refractivity contribution in [3.63, 3.8) is 0 Å². The maximum Gasteiger partial charge on any atom is 0.118 e. The quantitative estimate of drug-likeness (QED) is 0.898. The predicted molar refractivity (Wildman–Crippen MR) is 78.5 cm³/mol. The first kappa shape index (κ1) is 14.4.